The number of carbonyl (C=O) groups excluding carboxylic acids is 1. The smallest absolute Gasteiger partial charge is 0.335 e. The molecule has 0 saturated carbocycles. The number of carbonyl (C=O) groups is 2. The number of aromatic carboxylic acids is 1. The van der Waals surface area contributed by atoms with E-state index in [1.807, 2.05) is 0 Å². The summed E-state index contributed by atoms with van der Waals surface area (Å²) in [7, 11) is -4.00. The van der Waals surface area contributed by atoms with Gasteiger partial charge in [-0.25, -0.2) is 13.9 Å². The lowest BCUT2D eigenvalue weighted by atomic mass is 10.1. The number of nitrogens with zero attached hydrogens (tertiary/aromatic N) is 1. The van der Waals surface area contributed by atoms with Crippen LogP contribution in [0.4, 0.5) is 4.39 Å². The molecule has 1 fully saturated rings. The van der Waals surface area contributed by atoms with Crippen molar-refractivity contribution in [2.75, 3.05) is 13.1 Å². The lowest BCUT2D eigenvalue weighted by Gasteiger charge is -2.16. The molecule has 1 aliphatic heterocycles. The second-order valence-corrected chi connectivity index (χ2v) is 6.21. The number of halogens is 1. The Kier molecular flexibility index (Phi) is 4.24. The maximum atomic E-state index is 13.7. The molecule has 0 bridgehead atoms. The van der Waals surface area contributed by atoms with Gasteiger partial charge in [-0.05, 0) is 31.0 Å². The number of carboxylic acid groups (broad SMARTS) is 1. The van der Waals surface area contributed by atoms with Gasteiger partial charge in [-0.1, -0.05) is 0 Å². The van der Waals surface area contributed by atoms with E-state index in [0.717, 1.165) is 16.4 Å². The lowest BCUT2D eigenvalue weighted by molar-refractivity contribution is 0.0695. The minimum absolute atomic E-state index is 0.309. The second-order valence-electron chi connectivity index (χ2n) is 4.54. The first-order chi connectivity index (χ1) is 9.81. The topological polar surface area (TPSA) is 104 Å². The van der Waals surface area contributed by atoms with Crippen LogP contribution in [-0.4, -0.2) is 42.8 Å². The molecule has 0 unspecified atom stereocenters. The van der Waals surface area contributed by atoms with E-state index in [2.05, 4.69) is 0 Å². The SMILES string of the molecule is O=C(O)c1ccc(C(=O)NS(=O)(=O)N2CCCC2)c(F)c1. The van der Waals surface area contributed by atoms with Gasteiger partial charge >= 0.3 is 16.2 Å². The van der Waals surface area contributed by atoms with Gasteiger partial charge in [-0.3, -0.25) is 4.79 Å². The van der Waals surface area contributed by atoms with Crippen molar-refractivity contribution in [3.8, 4) is 0 Å². The summed E-state index contributed by atoms with van der Waals surface area (Å²) in [5, 5.41) is 8.70. The summed E-state index contributed by atoms with van der Waals surface area (Å²) in [6.07, 6.45) is 1.41. The fraction of sp³-hybridized carbons (Fsp3) is 0.333. The maximum Gasteiger partial charge on any atom is 0.335 e. The van der Waals surface area contributed by atoms with E-state index in [1.165, 1.54) is 0 Å². The Labute approximate surface area is 120 Å². The molecule has 0 aromatic heterocycles. The maximum absolute atomic E-state index is 13.7. The Balaban J connectivity index is 2.19. The average Bonchev–Trinajstić information content (AvgIpc) is 2.92. The molecule has 0 spiro atoms. The number of hydrogen-bond donors (Lipinski definition) is 2. The van der Waals surface area contributed by atoms with Crippen LogP contribution in [0.2, 0.25) is 0 Å². The van der Waals surface area contributed by atoms with Crippen molar-refractivity contribution < 1.29 is 27.5 Å². The van der Waals surface area contributed by atoms with Gasteiger partial charge in [-0.2, -0.15) is 12.7 Å². The van der Waals surface area contributed by atoms with Crippen molar-refractivity contribution in [1.82, 2.24) is 9.03 Å². The van der Waals surface area contributed by atoms with E-state index < -0.39 is 33.5 Å². The molecule has 0 atom stereocenters. The molecule has 0 aliphatic carbocycles. The highest BCUT2D eigenvalue weighted by molar-refractivity contribution is 7.87. The van der Waals surface area contributed by atoms with Crippen LogP contribution in [0.1, 0.15) is 33.6 Å². The molecule has 0 radical (unpaired) electrons. The minimum atomic E-state index is -4.00. The van der Waals surface area contributed by atoms with E-state index in [0.29, 0.717) is 32.0 Å². The molecule has 1 aromatic carbocycles. The van der Waals surface area contributed by atoms with Gasteiger partial charge in [0.05, 0.1) is 11.1 Å². The molecule has 1 saturated heterocycles. The third-order valence-corrected chi connectivity index (χ3v) is 4.58. The second kappa shape index (κ2) is 5.78. The summed E-state index contributed by atoms with van der Waals surface area (Å²) in [5.41, 5.74) is -0.853. The lowest BCUT2D eigenvalue weighted by Crippen LogP contribution is -2.42. The summed E-state index contributed by atoms with van der Waals surface area (Å²) >= 11 is 0. The van der Waals surface area contributed by atoms with E-state index in [-0.39, 0.29) is 5.56 Å². The normalized spacial score (nSPS) is 15.9. The molecule has 1 amide bonds. The summed E-state index contributed by atoms with van der Waals surface area (Å²) in [5.74, 6) is -3.56. The van der Waals surface area contributed by atoms with Crippen molar-refractivity contribution in [3.63, 3.8) is 0 Å². The third-order valence-electron chi connectivity index (χ3n) is 3.09. The summed E-state index contributed by atoms with van der Waals surface area (Å²) in [6, 6.07) is 2.64. The van der Waals surface area contributed by atoms with Crippen molar-refractivity contribution in [2.24, 2.45) is 0 Å². The van der Waals surface area contributed by atoms with Gasteiger partial charge in [0, 0.05) is 13.1 Å². The van der Waals surface area contributed by atoms with Gasteiger partial charge in [0.2, 0.25) is 0 Å². The Bertz CT molecular complexity index is 683. The predicted octanol–water partition coefficient (Wildman–Crippen LogP) is 0.594. The van der Waals surface area contributed by atoms with Crippen LogP contribution in [0.15, 0.2) is 18.2 Å². The van der Waals surface area contributed by atoms with E-state index in [4.69, 9.17) is 5.11 Å². The first-order valence-corrected chi connectivity index (χ1v) is 7.60. The Morgan fingerprint density at radius 2 is 1.86 bits per heavy atom. The monoisotopic (exact) mass is 316 g/mol. The predicted molar refractivity (Wildman–Crippen MR) is 70.6 cm³/mol. The van der Waals surface area contributed by atoms with Crippen LogP contribution in [0.3, 0.4) is 0 Å². The van der Waals surface area contributed by atoms with Gasteiger partial charge in [0.25, 0.3) is 5.91 Å². The van der Waals surface area contributed by atoms with Gasteiger partial charge < -0.3 is 5.11 Å². The van der Waals surface area contributed by atoms with Crippen LogP contribution < -0.4 is 4.72 Å². The van der Waals surface area contributed by atoms with Crippen LogP contribution in [-0.2, 0) is 10.2 Å². The van der Waals surface area contributed by atoms with E-state index >= 15 is 0 Å². The van der Waals surface area contributed by atoms with Crippen molar-refractivity contribution in [3.05, 3.63) is 35.1 Å². The van der Waals surface area contributed by atoms with E-state index in [9.17, 15) is 22.4 Å². The van der Waals surface area contributed by atoms with Gasteiger partial charge in [0.1, 0.15) is 5.82 Å². The third kappa shape index (κ3) is 3.37. The van der Waals surface area contributed by atoms with E-state index in [1.54, 1.807) is 4.72 Å². The summed E-state index contributed by atoms with van der Waals surface area (Å²) < 4.78 is 40.3. The van der Waals surface area contributed by atoms with Crippen LogP contribution in [0, 0.1) is 5.82 Å². The highest BCUT2D eigenvalue weighted by atomic mass is 32.2. The zero-order valence-corrected chi connectivity index (χ0v) is 11.7. The average molecular weight is 316 g/mol. The highest BCUT2D eigenvalue weighted by Gasteiger charge is 2.28. The first kappa shape index (κ1) is 15.4. The molecule has 7 nitrogen and oxygen atoms in total. The molecule has 9 heteroatoms. The zero-order chi connectivity index (χ0) is 15.6. The quantitative estimate of drug-likeness (QED) is 0.846. The molecule has 1 aliphatic rings. The molecular formula is C12H13FN2O5S. The fourth-order valence-electron chi connectivity index (χ4n) is 2.00. The standard InChI is InChI=1S/C12H13FN2O5S/c13-10-7-8(12(17)18)3-4-9(10)11(16)14-21(19,20)15-5-1-2-6-15/h3-4,7H,1-2,5-6H2,(H,14,16)(H,17,18). The summed E-state index contributed by atoms with van der Waals surface area (Å²) in [4.78, 5) is 22.5. The van der Waals surface area contributed by atoms with Crippen molar-refractivity contribution >= 4 is 22.1 Å². The molecule has 1 aromatic rings. The number of carboxylic acids is 1. The number of rotatable bonds is 4. The largest absolute Gasteiger partial charge is 0.478 e. The molecule has 21 heavy (non-hydrogen) atoms. The summed E-state index contributed by atoms with van der Waals surface area (Å²) in [6.45, 7) is 0.617. The van der Waals surface area contributed by atoms with Crippen molar-refractivity contribution in [2.45, 2.75) is 12.8 Å². The molecule has 1 heterocycles. The Morgan fingerprint density at radius 1 is 1.24 bits per heavy atom. The molecular weight excluding hydrogens is 303 g/mol. The Morgan fingerprint density at radius 3 is 2.38 bits per heavy atom. The number of nitrogens with one attached hydrogen (secondary N) is 1. The number of benzene rings is 1. The van der Waals surface area contributed by atoms with Gasteiger partial charge in [-0.15, -0.1) is 0 Å². The molecule has 2 N–H and O–H groups in total. The Hall–Kier alpha value is -2.00. The zero-order valence-electron chi connectivity index (χ0n) is 10.9. The first-order valence-electron chi connectivity index (χ1n) is 6.16. The van der Waals surface area contributed by atoms with Gasteiger partial charge in [0.15, 0.2) is 0 Å². The van der Waals surface area contributed by atoms with Crippen LogP contribution >= 0.6 is 0 Å². The molecule has 114 valence electrons. The highest BCUT2D eigenvalue weighted by Crippen LogP contribution is 2.14. The number of amides is 1. The van der Waals surface area contributed by atoms with Crippen molar-refractivity contribution in [1.29, 1.82) is 0 Å². The van der Waals surface area contributed by atoms with Crippen LogP contribution in [0.5, 0.6) is 0 Å². The molecule has 2 rings (SSSR count). The fourth-order valence-corrected chi connectivity index (χ4v) is 3.21. The van der Waals surface area contributed by atoms with Crippen LogP contribution in [0.25, 0.3) is 0 Å². The number of hydrogen-bond acceptors (Lipinski definition) is 4. The minimum Gasteiger partial charge on any atom is -0.478 e.